The van der Waals surface area contributed by atoms with Crippen LogP contribution in [0.15, 0.2) is 30.9 Å². The molecule has 1 aliphatic carbocycles. The van der Waals surface area contributed by atoms with E-state index >= 15 is 0 Å². The van der Waals surface area contributed by atoms with Crippen LogP contribution in [0.5, 0.6) is 0 Å². The smallest absolute Gasteiger partial charge is 0.382 e. The number of pyridine rings is 1. The molecule has 1 atom stereocenters. The summed E-state index contributed by atoms with van der Waals surface area (Å²) in [4.78, 5) is 17.4. The Hall–Kier alpha value is -3.44. The molecule has 2 N–H and O–H groups in total. The Morgan fingerprint density at radius 2 is 1.97 bits per heavy atom. The van der Waals surface area contributed by atoms with E-state index in [0.717, 1.165) is 28.2 Å². The molecule has 3 aromatic heterocycles. The van der Waals surface area contributed by atoms with Gasteiger partial charge in [-0.1, -0.05) is 13.8 Å². The summed E-state index contributed by atoms with van der Waals surface area (Å²) in [7, 11) is 0. The lowest BCUT2D eigenvalue weighted by atomic mass is 9.86. The number of alkyl halides is 3. The third-order valence-corrected chi connectivity index (χ3v) is 5.22. The van der Waals surface area contributed by atoms with Crippen LogP contribution in [-0.2, 0) is 11.6 Å². The van der Waals surface area contributed by atoms with Crippen LogP contribution >= 0.6 is 0 Å². The van der Waals surface area contributed by atoms with E-state index in [1.807, 2.05) is 13.8 Å². The second-order valence-electron chi connectivity index (χ2n) is 7.79. The Morgan fingerprint density at radius 1 is 1.27 bits per heavy atom. The highest BCUT2D eigenvalue weighted by Crippen LogP contribution is 2.47. The van der Waals surface area contributed by atoms with Gasteiger partial charge in [-0.05, 0) is 17.4 Å². The Labute approximate surface area is 168 Å². The number of aromatic nitrogens is 6. The molecule has 1 unspecified atom stereocenters. The van der Waals surface area contributed by atoms with Crippen molar-refractivity contribution in [3.8, 4) is 5.82 Å². The van der Waals surface area contributed by atoms with Crippen LogP contribution < -0.4 is 5.73 Å². The average Bonchev–Trinajstić information content (AvgIpc) is 3.28. The van der Waals surface area contributed by atoms with Crippen molar-refractivity contribution in [1.29, 1.82) is 0 Å². The van der Waals surface area contributed by atoms with Gasteiger partial charge in [-0.25, -0.2) is 4.98 Å². The summed E-state index contributed by atoms with van der Waals surface area (Å²) >= 11 is 0. The van der Waals surface area contributed by atoms with Crippen molar-refractivity contribution >= 4 is 11.5 Å². The number of anilines is 1. The van der Waals surface area contributed by atoms with Gasteiger partial charge in [-0.2, -0.15) is 28.5 Å². The molecule has 0 aromatic carbocycles. The quantitative estimate of drug-likeness (QED) is 0.647. The lowest BCUT2D eigenvalue weighted by Gasteiger charge is -2.19. The largest absolute Gasteiger partial charge is 0.420 e. The van der Waals surface area contributed by atoms with E-state index in [-0.39, 0.29) is 23.6 Å². The SMILES string of the molecule is CC1(C)CC(C[N+](=O)c2cnc(-n3nccn3)c(C(F)(F)F)c2)c2cnnc(N)c21. The van der Waals surface area contributed by atoms with Gasteiger partial charge in [0.15, 0.2) is 5.82 Å². The number of nitroso groups, excluding NO2 is 1. The van der Waals surface area contributed by atoms with E-state index in [2.05, 4.69) is 25.4 Å². The van der Waals surface area contributed by atoms with Crippen LogP contribution in [0.2, 0.25) is 0 Å². The Bertz CT molecular complexity index is 1110. The molecule has 0 saturated carbocycles. The van der Waals surface area contributed by atoms with Gasteiger partial charge in [0.25, 0.3) is 5.69 Å². The van der Waals surface area contributed by atoms with E-state index in [9.17, 15) is 18.1 Å². The maximum atomic E-state index is 13.6. The van der Waals surface area contributed by atoms with Gasteiger partial charge in [0, 0.05) is 21.3 Å². The summed E-state index contributed by atoms with van der Waals surface area (Å²) in [5.41, 5.74) is 5.94. The molecular formula is C18H18F3N8O+. The number of nitrogens with zero attached hydrogens (tertiary/aromatic N) is 7. The van der Waals surface area contributed by atoms with Crippen molar-refractivity contribution in [2.75, 3.05) is 12.3 Å². The van der Waals surface area contributed by atoms with Crippen molar-refractivity contribution in [1.82, 2.24) is 30.2 Å². The van der Waals surface area contributed by atoms with Crippen molar-refractivity contribution < 1.29 is 17.9 Å². The number of nitrogens with two attached hydrogens (primary N) is 1. The predicted octanol–water partition coefficient (Wildman–Crippen LogP) is 2.93. The molecule has 0 amide bonds. The lowest BCUT2D eigenvalue weighted by molar-refractivity contribution is -0.467. The fourth-order valence-corrected chi connectivity index (χ4v) is 4.04. The topological polar surface area (TPSA) is 115 Å². The molecule has 0 aliphatic heterocycles. The first kappa shape index (κ1) is 19.9. The zero-order valence-electron chi connectivity index (χ0n) is 16.1. The number of rotatable bonds is 4. The van der Waals surface area contributed by atoms with Gasteiger partial charge in [0.1, 0.15) is 17.6 Å². The van der Waals surface area contributed by atoms with E-state index in [0.29, 0.717) is 17.0 Å². The van der Waals surface area contributed by atoms with Crippen LogP contribution in [0.25, 0.3) is 5.82 Å². The number of fused-ring (bicyclic) bond motifs is 1. The summed E-state index contributed by atoms with van der Waals surface area (Å²) in [6.07, 6.45) is 0.977. The van der Waals surface area contributed by atoms with Crippen LogP contribution in [-0.4, -0.2) is 41.5 Å². The fraction of sp³-hybridized carbons (Fsp3) is 0.389. The molecule has 0 bridgehead atoms. The summed E-state index contributed by atoms with van der Waals surface area (Å²) in [5, 5.41) is 15.1. The number of hydrogen-bond donors (Lipinski definition) is 1. The molecule has 0 radical (unpaired) electrons. The summed E-state index contributed by atoms with van der Waals surface area (Å²) < 4.78 is 41.2. The van der Waals surface area contributed by atoms with E-state index in [1.54, 1.807) is 6.20 Å². The lowest BCUT2D eigenvalue weighted by Crippen LogP contribution is -2.18. The second kappa shape index (κ2) is 6.82. The Balaban J connectivity index is 1.66. The molecule has 0 fully saturated rings. The van der Waals surface area contributed by atoms with Gasteiger partial charge in [-0.3, -0.25) is 0 Å². The summed E-state index contributed by atoms with van der Waals surface area (Å²) in [6.45, 7) is 3.89. The normalized spacial score (nSPS) is 17.7. The van der Waals surface area contributed by atoms with Crippen molar-refractivity contribution in [3.05, 3.63) is 52.5 Å². The van der Waals surface area contributed by atoms with Crippen molar-refractivity contribution in [2.24, 2.45) is 0 Å². The maximum Gasteiger partial charge on any atom is 0.420 e. The third-order valence-electron chi connectivity index (χ3n) is 5.22. The van der Waals surface area contributed by atoms with E-state index < -0.39 is 17.6 Å². The molecule has 3 heterocycles. The third kappa shape index (κ3) is 3.37. The minimum Gasteiger partial charge on any atom is -0.382 e. The van der Waals surface area contributed by atoms with Crippen LogP contribution in [0, 0.1) is 4.91 Å². The summed E-state index contributed by atoms with van der Waals surface area (Å²) in [5.74, 6) is -0.457. The second-order valence-corrected chi connectivity index (χ2v) is 7.79. The van der Waals surface area contributed by atoms with Crippen LogP contribution in [0.1, 0.15) is 42.9 Å². The maximum absolute atomic E-state index is 13.6. The highest BCUT2D eigenvalue weighted by Gasteiger charge is 2.43. The van der Waals surface area contributed by atoms with Crippen molar-refractivity contribution in [2.45, 2.75) is 37.8 Å². The number of hydrogen-bond acceptors (Lipinski definition) is 7. The standard InChI is InChI=1S/C18H18F3N8O/c1-17(2)6-10(12-8-24-27-15(22)14(12)17)9-28(30)11-5-13(18(19,20)21)16(23-7-11)29-25-3-4-26-29/h3-5,7-8,10H,6,9H2,1-2H3,(H2,22,27)/q+1. The molecule has 4 rings (SSSR count). The minimum absolute atomic E-state index is 0.0695. The molecular weight excluding hydrogens is 401 g/mol. The molecule has 12 heteroatoms. The summed E-state index contributed by atoms with van der Waals surface area (Å²) in [6, 6.07) is 0.763. The van der Waals surface area contributed by atoms with Gasteiger partial charge >= 0.3 is 6.18 Å². The molecule has 3 aromatic rings. The number of nitrogen functional groups attached to an aromatic ring is 1. The zero-order chi connectivity index (χ0) is 21.7. The van der Waals surface area contributed by atoms with Gasteiger partial charge in [0.05, 0.1) is 24.5 Å². The average molecular weight is 419 g/mol. The molecule has 0 saturated heterocycles. The van der Waals surface area contributed by atoms with Gasteiger partial charge in [0.2, 0.25) is 6.54 Å². The van der Waals surface area contributed by atoms with Gasteiger partial charge in [-0.15, -0.1) is 9.90 Å². The van der Waals surface area contributed by atoms with Crippen molar-refractivity contribution in [3.63, 3.8) is 0 Å². The van der Waals surface area contributed by atoms with E-state index in [1.165, 1.54) is 12.4 Å². The minimum atomic E-state index is -4.74. The van der Waals surface area contributed by atoms with Crippen LogP contribution in [0.4, 0.5) is 24.7 Å². The predicted molar refractivity (Wildman–Crippen MR) is 99.1 cm³/mol. The Morgan fingerprint density at radius 3 is 2.63 bits per heavy atom. The molecule has 30 heavy (non-hydrogen) atoms. The molecule has 156 valence electrons. The highest BCUT2D eigenvalue weighted by molar-refractivity contribution is 5.52. The first-order chi connectivity index (χ1) is 14.1. The monoisotopic (exact) mass is 419 g/mol. The van der Waals surface area contributed by atoms with Crippen LogP contribution in [0.3, 0.4) is 0 Å². The fourth-order valence-electron chi connectivity index (χ4n) is 4.04. The van der Waals surface area contributed by atoms with E-state index in [4.69, 9.17) is 5.73 Å². The first-order valence-electron chi connectivity index (χ1n) is 9.08. The Kier molecular flexibility index (Phi) is 4.51. The van der Waals surface area contributed by atoms with Gasteiger partial charge < -0.3 is 5.73 Å². The molecule has 1 aliphatic rings. The first-order valence-corrected chi connectivity index (χ1v) is 9.08. The number of halogens is 3. The molecule has 9 nitrogen and oxygen atoms in total. The highest BCUT2D eigenvalue weighted by atomic mass is 19.4. The zero-order valence-corrected chi connectivity index (χ0v) is 16.1. The molecule has 0 spiro atoms.